The minimum atomic E-state index is -0.835. The lowest BCUT2D eigenvalue weighted by Crippen LogP contribution is -2.28. The molecule has 0 fully saturated rings. The summed E-state index contributed by atoms with van der Waals surface area (Å²) in [5.74, 6) is 1.28. The molecule has 2 unspecified atom stereocenters. The summed E-state index contributed by atoms with van der Waals surface area (Å²) >= 11 is 0. The molecular formula is C30H30N2O6. The molecular weight excluding hydrogens is 484 g/mol. The third-order valence-electron chi connectivity index (χ3n) is 6.21. The highest BCUT2D eigenvalue weighted by atomic mass is 16.6. The van der Waals surface area contributed by atoms with Gasteiger partial charge >= 0.3 is 5.97 Å². The number of benzene rings is 3. The van der Waals surface area contributed by atoms with Gasteiger partial charge in [-0.2, -0.15) is 5.26 Å². The van der Waals surface area contributed by atoms with Crippen molar-refractivity contribution in [2.75, 3.05) is 13.7 Å². The van der Waals surface area contributed by atoms with Crippen LogP contribution in [0.5, 0.6) is 28.7 Å². The minimum Gasteiger partial charge on any atom is -0.493 e. The molecule has 2 N–H and O–H groups in total. The highest BCUT2D eigenvalue weighted by Gasteiger charge is 2.32. The number of hydrogen-bond donors (Lipinski definition) is 1. The van der Waals surface area contributed by atoms with E-state index in [0.717, 1.165) is 12.0 Å². The largest absolute Gasteiger partial charge is 0.493 e. The van der Waals surface area contributed by atoms with Crippen molar-refractivity contribution >= 4 is 5.97 Å². The van der Waals surface area contributed by atoms with E-state index >= 15 is 0 Å². The van der Waals surface area contributed by atoms with Crippen molar-refractivity contribution < 1.29 is 28.5 Å². The summed E-state index contributed by atoms with van der Waals surface area (Å²) in [6.07, 6.45) is 0.0829. The summed E-state index contributed by atoms with van der Waals surface area (Å²) < 4.78 is 28.2. The molecule has 0 aliphatic carbocycles. The summed E-state index contributed by atoms with van der Waals surface area (Å²) in [7, 11) is 1.56. The van der Waals surface area contributed by atoms with E-state index in [1.807, 2.05) is 43.3 Å². The number of allylic oxidation sites excluding steroid dienone is 1. The molecule has 2 atom stereocenters. The molecule has 8 nitrogen and oxygen atoms in total. The number of nitriles is 1. The van der Waals surface area contributed by atoms with Gasteiger partial charge in [-0.1, -0.05) is 31.2 Å². The summed E-state index contributed by atoms with van der Waals surface area (Å²) in [5, 5.41) is 9.86. The number of ether oxygens (including phenoxy) is 5. The Morgan fingerprint density at radius 2 is 1.79 bits per heavy atom. The van der Waals surface area contributed by atoms with E-state index in [2.05, 4.69) is 13.0 Å². The molecule has 0 aromatic heterocycles. The Balaban J connectivity index is 1.58. The van der Waals surface area contributed by atoms with Crippen LogP contribution in [0.2, 0.25) is 0 Å². The fourth-order valence-corrected chi connectivity index (χ4v) is 4.24. The number of esters is 1. The monoisotopic (exact) mass is 514 g/mol. The van der Waals surface area contributed by atoms with E-state index in [1.165, 1.54) is 5.56 Å². The lowest BCUT2D eigenvalue weighted by molar-refractivity contribution is -0.141. The van der Waals surface area contributed by atoms with Gasteiger partial charge in [0, 0.05) is 11.6 Å². The SMILES string of the molecule is CCOc1ccc(C2C(C#N)=C(N)Oc3cc(OC(=O)C(C)Oc4ccc(CC)cc4)ccc32)cc1OC. The van der Waals surface area contributed by atoms with Crippen molar-refractivity contribution in [1.82, 2.24) is 0 Å². The number of methoxy groups -OCH3 is 1. The van der Waals surface area contributed by atoms with Crippen LogP contribution >= 0.6 is 0 Å². The molecule has 38 heavy (non-hydrogen) atoms. The van der Waals surface area contributed by atoms with Crippen LogP contribution in [0.3, 0.4) is 0 Å². The molecule has 8 heteroatoms. The van der Waals surface area contributed by atoms with E-state index < -0.39 is 18.0 Å². The van der Waals surface area contributed by atoms with Gasteiger partial charge in [-0.15, -0.1) is 0 Å². The normalized spacial score (nSPS) is 15.0. The van der Waals surface area contributed by atoms with Crippen LogP contribution in [0, 0.1) is 11.3 Å². The second-order valence-electron chi connectivity index (χ2n) is 8.65. The molecule has 1 heterocycles. The maximum atomic E-state index is 12.7. The molecule has 0 radical (unpaired) electrons. The first-order valence-corrected chi connectivity index (χ1v) is 12.4. The summed E-state index contributed by atoms with van der Waals surface area (Å²) in [5.41, 5.74) is 9.05. The molecule has 196 valence electrons. The molecule has 3 aromatic carbocycles. The van der Waals surface area contributed by atoms with Crippen molar-refractivity contribution in [3.05, 3.63) is 88.8 Å². The zero-order valence-corrected chi connectivity index (χ0v) is 21.8. The second kappa shape index (κ2) is 11.6. The predicted octanol–water partition coefficient (Wildman–Crippen LogP) is 5.25. The van der Waals surface area contributed by atoms with Crippen LogP contribution < -0.4 is 29.4 Å². The van der Waals surface area contributed by atoms with Gasteiger partial charge in [0.15, 0.2) is 17.6 Å². The van der Waals surface area contributed by atoms with Gasteiger partial charge in [0.05, 0.1) is 19.6 Å². The van der Waals surface area contributed by atoms with E-state index in [0.29, 0.717) is 35.2 Å². The first-order chi connectivity index (χ1) is 18.4. The van der Waals surface area contributed by atoms with Crippen LogP contribution in [-0.4, -0.2) is 25.8 Å². The maximum absolute atomic E-state index is 12.7. The van der Waals surface area contributed by atoms with Crippen LogP contribution in [-0.2, 0) is 11.2 Å². The zero-order valence-electron chi connectivity index (χ0n) is 21.8. The smallest absolute Gasteiger partial charge is 0.352 e. The van der Waals surface area contributed by atoms with Crippen LogP contribution in [0.25, 0.3) is 0 Å². The minimum absolute atomic E-state index is 0.0199. The van der Waals surface area contributed by atoms with Crippen molar-refractivity contribution in [1.29, 1.82) is 5.26 Å². The predicted molar refractivity (Wildman–Crippen MR) is 141 cm³/mol. The van der Waals surface area contributed by atoms with E-state index in [9.17, 15) is 10.1 Å². The Labute approximate surface area is 222 Å². The number of nitrogens with two attached hydrogens (primary N) is 1. The molecule has 0 bridgehead atoms. The Morgan fingerprint density at radius 1 is 1.05 bits per heavy atom. The molecule has 1 aliphatic heterocycles. The molecule has 4 rings (SSSR count). The van der Waals surface area contributed by atoms with Gasteiger partial charge in [0.1, 0.15) is 28.9 Å². The number of nitrogens with zero attached hydrogens (tertiary/aromatic N) is 1. The number of carbonyl (C=O) groups excluding carboxylic acids is 1. The second-order valence-corrected chi connectivity index (χ2v) is 8.65. The number of aryl methyl sites for hydroxylation is 1. The first-order valence-electron chi connectivity index (χ1n) is 12.4. The summed E-state index contributed by atoms with van der Waals surface area (Å²) in [6.45, 7) is 6.07. The molecule has 1 aliphatic rings. The van der Waals surface area contributed by atoms with Crippen LogP contribution in [0.1, 0.15) is 43.4 Å². The Bertz CT molecular complexity index is 1390. The molecule has 0 saturated heterocycles. The average Bonchev–Trinajstić information content (AvgIpc) is 2.93. The maximum Gasteiger partial charge on any atom is 0.352 e. The van der Waals surface area contributed by atoms with Gasteiger partial charge in [0.2, 0.25) is 5.88 Å². The van der Waals surface area contributed by atoms with Gasteiger partial charge in [-0.3, -0.25) is 0 Å². The summed E-state index contributed by atoms with van der Waals surface area (Å²) in [6, 6.07) is 20.2. The van der Waals surface area contributed by atoms with Crippen molar-refractivity contribution in [2.45, 2.75) is 39.2 Å². The lowest BCUT2D eigenvalue weighted by Gasteiger charge is -2.27. The van der Waals surface area contributed by atoms with Gasteiger partial charge in [0.25, 0.3) is 0 Å². The fraction of sp³-hybridized carbons (Fsp3) is 0.267. The standard InChI is InChI=1S/C30H30N2O6/c1-5-19-7-10-21(11-8-19)36-18(3)30(33)37-22-12-13-23-26(16-22)38-29(32)24(17-31)28(23)20-9-14-25(35-6-2)27(15-20)34-4/h7-16,18,28H,5-6,32H2,1-4H3. The first kappa shape index (κ1) is 26.4. The topological polar surface area (TPSA) is 113 Å². The fourth-order valence-electron chi connectivity index (χ4n) is 4.24. The molecule has 0 amide bonds. The van der Waals surface area contributed by atoms with Gasteiger partial charge in [-0.25, -0.2) is 4.79 Å². The van der Waals surface area contributed by atoms with E-state index in [4.69, 9.17) is 29.4 Å². The van der Waals surface area contributed by atoms with Crippen molar-refractivity contribution in [3.8, 4) is 34.8 Å². The quantitative estimate of drug-likeness (QED) is 0.304. The number of fused-ring (bicyclic) bond motifs is 1. The summed E-state index contributed by atoms with van der Waals surface area (Å²) in [4.78, 5) is 12.7. The van der Waals surface area contributed by atoms with Gasteiger partial charge in [-0.05, 0) is 61.7 Å². The van der Waals surface area contributed by atoms with Gasteiger partial charge < -0.3 is 29.4 Å². The zero-order chi connectivity index (χ0) is 27.2. The third-order valence-corrected chi connectivity index (χ3v) is 6.21. The molecule has 3 aromatic rings. The Morgan fingerprint density at radius 3 is 2.45 bits per heavy atom. The lowest BCUT2D eigenvalue weighted by atomic mass is 9.83. The highest BCUT2D eigenvalue weighted by molar-refractivity contribution is 5.77. The van der Waals surface area contributed by atoms with Crippen molar-refractivity contribution in [3.63, 3.8) is 0 Å². The molecule has 0 saturated carbocycles. The van der Waals surface area contributed by atoms with E-state index in [1.54, 1.807) is 38.3 Å². The van der Waals surface area contributed by atoms with Crippen molar-refractivity contribution in [2.24, 2.45) is 5.73 Å². The number of carbonyl (C=O) groups is 1. The van der Waals surface area contributed by atoms with Crippen LogP contribution in [0.4, 0.5) is 0 Å². The van der Waals surface area contributed by atoms with E-state index in [-0.39, 0.29) is 17.2 Å². The van der Waals surface area contributed by atoms with Crippen LogP contribution in [0.15, 0.2) is 72.1 Å². The Hall–Kier alpha value is -4.64. The third kappa shape index (κ3) is 5.52. The number of rotatable bonds is 9. The molecule has 0 spiro atoms. The number of hydrogen-bond acceptors (Lipinski definition) is 8. The highest BCUT2D eigenvalue weighted by Crippen LogP contribution is 2.45. The Kier molecular flexibility index (Phi) is 8.07. The average molecular weight is 515 g/mol.